The molecule has 0 radical (unpaired) electrons. The van der Waals surface area contributed by atoms with Gasteiger partial charge in [0.25, 0.3) is 0 Å². The van der Waals surface area contributed by atoms with E-state index in [2.05, 4.69) is 24.1 Å². The van der Waals surface area contributed by atoms with Crippen molar-refractivity contribution in [3.05, 3.63) is 34.3 Å². The van der Waals surface area contributed by atoms with E-state index in [9.17, 15) is 13.2 Å². The highest BCUT2D eigenvalue weighted by Gasteiger charge is 2.34. The second-order valence-corrected chi connectivity index (χ2v) is 6.26. The summed E-state index contributed by atoms with van der Waals surface area (Å²) in [5.41, 5.74) is 0.107. The fourth-order valence-electron chi connectivity index (χ4n) is 3.03. The lowest BCUT2D eigenvalue weighted by atomic mass is 9.90. The van der Waals surface area contributed by atoms with Crippen LogP contribution in [0.2, 0.25) is 5.02 Å². The molecule has 0 aromatic heterocycles. The van der Waals surface area contributed by atoms with E-state index >= 15 is 0 Å². The molecule has 2 rings (SSSR count). The quantitative estimate of drug-likeness (QED) is 0.880. The van der Waals surface area contributed by atoms with E-state index in [-0.39, 0.29) is 11.1 Å². The number of nitrogens with one attached hydrogen (secondary N) is 1. The highest BCUT2D eigenvalue weighted by atomic mass is 35.5. The smallest absolute Gasteiger partial charge is 0.314 e. The third kappa shape index (κ3) is 3.94. The molecule has 1 aliphatic heterocycles. The normalized spacial score (nSPS) is 19.9. The summed E-state index contributed by atoms with van der Waals surface area (Å²) < 4.78 is 38.6. The van der Waals surface area contributed by atoms with E-state index in [0.717, 1.165) is 44.2 Å². The van der Waals surface area contributed by atoms with Crippen LogP contribution in [-0.2, 0) is 6.18 Å². The molecule has 1 N–H and O–H groups in total. The summed E-state index contributed by atoms with van der Waals surface area (Å²) in [6.07, 6.45) is -3.44. The van der Waals surface area contributed by atoms with E-state index < -0.39 is 11.7 Å². The van der Waals surface area contributed by atoms with Gasteiger partial charge in [-0.3, -0.25) is 4.90 Å². The average Bonchev–Trinajstić information content (AvgIpc) is 2.47. The Bertz CT molecular complexity index is 499. The first kappa shape index (κ1) is 17.6. The number of benzene rings is 1. The predicted molar refractivity (Wildman–Crippen MR) is 83.1 cm³/mol. The maximum atomic E-state index is 12.9. The van der Waals surface area contributed by atoms with E-state index in [1.54, 1.807) is 6.07 Å². The lowest BCUT2D eigenvalue weighted by molar-refractivity contribution is -0.137. The number of hydrogen-bond donors (Lipinski definition) is 1. The predicted octanol–water partition coefficient (Wildman–Crippen LogP) is 4.35. The van der Waals surface area contributed by atoms with Crippen molar-refractivity contribution in [2.45, 2.75) is 32.5 Å². The first-order valence-corrected chi connectivity index (χ1v) is 8.03. The molecule has 0 spiro atoms. The standard InChI is InChI=1S/C16H22ClF3N2/c1-3-11(2)15(22-8-6-21-7-9-22)12-4-5-13(14(17)10-12)16(18,19)20/h4-5,10-11,15,21H,3,6-9H2,1-2H3/t11?,15-/m1/s1. The first-order chi connectivity index (χ1) is 10.3. The minimum Gasteiger partial charge on any atom is -0.314 e. The zero-order chi connectivity index (χ0) is 16.3. The van der Waals surface area contributed by atoms with Crippen LogP contribution < -0.4 is 5.32 Å². The molecule has 2 atom stereocenters. The summed E-state index contributed by atoms with van der Waals surface area (Å²) in [6, 6.07) is 4.28. The van der Waals surface area contributed by atoms with Crippen molar-refractivity contribution in [1.29, 1.82) is 0 Å². The van der Waals surface area contributed by atoms with Gasteiger partial charge in [-0.15, -0.1) is 0 Å². The Balaban J connectivity index is 2.33. The van der Waals surface area contributed by atoms with Crippen molar-refractivity contribution in [3.8, 4) is 0 Å². The topological polar surface area (TPSA) is 15.3 Å². The van der Waals surface area contributed by atoms with Crippen LogP contribution in [0.4, 0.5) is 13.2 Å². The van der Waals surface area contributed by atoms with Gasteiger partial charge in [0, 0.05) is 32.2 Å². The van der Waals surface area contributed by atoms with Gasteiger partial charge >= 0.3 is 6.18 Å². The maximum absolute atomic E-state index is 12.9. The number of rotatable bonds is 4. The van der Waals surface area contributed by atoms with Crippen LogP contribution in [0, 0.1) is 5.92 Å². The molecule has 124 valence electrons. The van der Waals surface area contributed by atoms with E-state index in [4.69, 9.17) is 11.6 Å². The van der Waals surface area contributed by atoms with Gasteiger partial charge in [-0.05, 0) is 23.6 Å². The summed E-state index contributed by atoms with van der Waals surface area (Å²) in [4.78, 5) is 2.34. The van der Waals surface area contributed by atoms with Gasteiger partial charge in [-0.2, -0.15) is 13.2 Å². The van der Waals surface area contributed by atoms with Gasteiger partial charge < -0.3 is 5.32 Å². The van der Waals surface area contributed by atoms with E-state index in [1.165, 1.54) is 6.07 Å². The SMILES string of the molecule is CCC(C)[C@H](c1ccc(C(F)(F)F)c(Cl)c1)N1CCNCC1. The van der Waals surface area contributed by atoms with Gasteiger partial charge in [-0.25, -0.2) is 0 Å². The molecule has 1 aliphatic rings. The first-order valence-electron chi connectivity index (χ1n) is 7.66. The highest BCUT2D eigenvalue weighted by Crippen LogP contribution is 2.38. The molecule has 1 saturated heterocycles. The van der Waals surface area contributed by atoms with Crippen LogP contribution in [0.15, 0.2) is 18.2 Å². The van der Waals surface area contributed by atoms with Crippen molar-refractivity contribution in [1.82, 2.24) is 10.2 Å². The number of alkyl halides is 3. The molecule has 0 bridgehead atoms. The Labute approximate surface area is 134 Å². The van der Waals surface area contributed by atoms with Crippen LogP contribution in [0.25, 0.3) is 0 Å². The Morgan fingerprint density at radius 1 is 1.27 bits per heavy atom. The largest absolute Gasteiger partial charge is 0.417 e. The molecule has 1 heterocycles. The Hall–Kier alpha value is -0.780. The molecular weight excluding hydrogens is 313 g/mol. The summed E-state index contributed by atoms with van der Waals surface area (Å²) in [6.45, 7) is 7.84. The second-order valence-electron chi connectivity index (χ2n) is 5.85. The molecule has 1 unspecified atom stereocenters. The minimum atomic E-state index is -4.41. The molecule has 6 heteroatoms. The molecule has 1 aromatic carbocycles. The molecule has 2 nitrogen and oxygen atoms in total. The van der Waals surface area contributed by atoms with Crippen molar-refractivity contribution >= 4 is 11.6 Å². The average molecular weight is 335 g/mol. The number of piperazine rings is 1. The van der Waals surface area contributed by atoms with E-state index in [1.807, 2.05) is 0 Å². The Morgan fingerprint density at radius 3 is 2.41 bits per heavy atom. The van der Waals surface area contributed by atoms with Gasteiger partial charge in [0.05, 0.1) is 10.6 Å². The molecule has 1 aromatic rings. The second kappa shape index (κ2) is 7.20. The third-order valence-electron chi connectivity index (χ3n) is 4.37. The van der Waals surface area contributed by atoms with E-state index in [0.29, 0.717) is 5.92 Å². The minimum absolute atomic E-state index is 0.104. The zero-order valence-corrected chi connectivity index (χ0v) is 13.6. The molecule has 0 amide bonds. The fraction of sp³-hybridized carbons (Fsp3) is 0.625. The van der Waals surface area contributed by atoms with Gasteiger partial charge in [0.2, 0.25) is 0 Å². The summed E-state index contributed by atoms with van der Waals surface area (Å²) >= 11 is 5.89. The summed E-state index contributed by atoms with van der Waals surface area (Å²) in [7, 11) is 0. The molecule has 0 saturated carbocycles. The fourth-order valence-corrected chi connectivity index (χ4v) is 3.32. The monoisotopic (exact) mass is 334 g/mol. The van der Waals surface area contributed by atoms with Crippen LogP contribution in [0.1, 0.15) is 37.4 Å². The zero-order valence-electron chi connectivity index (χ0n) is 12.9. The van der Waals surface area contributed by atoms with Gasteiger partial charge in [0.15, 0.2) is 0 Å². The van der Waals surface area contributed by atoms with Crippen LogP contribution >= 0.6 is 11.6 Å². The molecule has 0 aliphatic carbocycles. The van der Waals surface area contributed by atoms with Crippen LogP contribution in [-0.4, -0.2) is 31.1 Å². The van der Waals surface area contributed by atoms with Crippen molar-refractivity contribution < 1.29 is 13.2 Å². The molecule has 22 heavy (non-hydrogen) atoms. The number of nitrogens with zero attached hydrogens (tertiary/aromatic N) is 1. The van der Waals surface area contributed by atoms with Crippen molar-refractivity contribution in [3.63, 3.8) is 0 Å². The lowest BCUT2D eigenvalue weighted by Gasteiger charge is -2.38. The highest BCUT2D eigenvalue weighted by molar-refractivity contribution is 6.31. The maximum Gasteiger partial charge on any atom is 0.417 e. The van der Waals surface area contributed by atoms with Gasteiger partial charge in [0.1, 0.15) is 0 Å². The number of hydrogen-bond acceptors (Lipinski definition) is 2. The molecular formula is C16H22ClF3N2. The Kier molecular flexibility index (Phi) is 5.75. The van der Waals surface area contributed by atoms with Gasteiger partial charge in [-0.1, -0.05) is 37.9 Å². The Morgan fingerprint density at radius 2 is 1.91 bits per heavy atom. The third-order valence-corrected chi connectivity index (χ3v) is 4.68. The van der Waals surface area contributed by atoms with Crippen LogP contribution in [0.3, 0.4) is 0 Å². The number of halogens is 4. The van der Waals surface area contributed by atoms with Crippen LogP contribution in [0.5, 0.6) is 0 Å². The molecule has 1 fully saturated rings. The van der Waals surface area contributed by atoms with Crippen molar-refractivity contribution in [2.75, 3.05) is 26.2 Å². The summed E-state index contributed by atoms with van der Waals surface area (Å²) in [5.74, 6) is 0.353. The summed E-state index contributed by atoms with van der Waals surface area (Å²) in [5, 5.41) is 3.09. The lowest BCUT2D eigenvalue weighted by Crippen LogP contribution is -2.46. The van der Waals surface area contributed by atoms with Crippen molar-refractivity contribution in [2.24, 2.45) is 5.92 Å².